The van der Waals surface area contributed by atoms with Crippen LogP contribution in [-0.2, 0) is 21.6 Å². The third kappa shape index (κ3) is 6.23. The zero-order valence-corrected chi connectivity index (χ0v) is 23.7. The summed E-state index contributed by atoms with van der Waals surface area (Å²) in [6.07, 6.45) is 0. The number of aryl methyl sites for hydroxylation is 1. The predicted molar refractivity (Wildman–Crippen MR) is 155 cm³/mol. The summed E-state index contributed by atoms with van der Waals surface area (Å²) in [4.78, 5) is 30.1. The molecule has 0 unspecified atom stereocenters. The monoisotopic (exact) mass is 526 g/mol. The van der Waals surface area contributed by atoms with Crippen molar-refractivity contribution in [1.82, 2.24) is 9.80 Å². The summed E-state index contributed by atoms with van der Waals surface area (Å²) in [6, 6.07) is 22.6. The standard InChI is InChI=1S/C33H38N2O4/c1-22-20-26(39-21-23-10-8-7-9-11-23)16-17-27(22)30(36)28-29(24-12-14-25(15-13-24)33(2,3)4)35(19-18-34(5)6)32(38)31(28)37/h7-17,20,29,36H,18-19,21H2,1-6H3/t29-/m0/s1. The van der Waals surface area contributed by atoms with E-state index in [9.17, 15) is 14.7 Å². The second kappa shape index (κ2) is 11.5. The van der Waals surface area contributed by atoms with Gasteiger partial charge in [0.2, 0.25) is 0 Å². The Hall–Kier alpha value is -3.90. The Morgan fingerprint density at radius 3 is 2.23 bits per heavy atom. The largest absolute Gasteiger partial charge is 0.507 e. The first kappa shape index (κ1) is 28.1. The van der Waals surface area contributed by atoms with E-state index in [1.807, 2.05) is 86.6 Å². The van der Waals surface area contributed by atoms with Gasteiger partial charge in [-0.05, 0) is 66.9 Å². The van der Waals surface area contributed by atoms with Crippen molar-refractivity contribution < 1.29 is 19.4 Å². The minimum atomic E-state index is -0.674. The summed E-state index contributed by atoms with van der Waals surface area (Å²) < 4.78 is 5.94. The van der Waals surface area contributed by atoms with Crippen molar-refractivity contribution in [1.29, 1.82) is 0 Å². The van der Waals surface area contributed by atoms with Crippen LogP contribution in [0.4, 0.5) is 0 Å². The maximum Gasteiger partial charge on any atom is 0.295 e. The minimum absolute atomic E-state index is 0.0350. The zero-order chi connectivity index (χ0) is 28.3. The lowest BCUT2D eigenvalue weighted by molar-refractivity contribution is -0.140. The number of rotatable bonds is 8. The van der Waals surface area contributed by atoms with E-state index in [2.05, 4.69) is 20.8 Å². The van der Waals surface area contributed by atoms with E-state index in [0.717, 1.165) is 22.3 Å². The quantitative estimate of drug-likeness (QED) is 0.226. The first-order chi connectivity index (χ1) is 18.5. The van der Waals surface area contributed by atoms with E-state index < -0.39 is 17.7 Å². The second-order valence-electron chi connectivity index (χ2n) is 11.4. The van der Waals surface area contributed by atoms with Gasteiger partial charge in [-0.15, -0.1) is 0 Å². The highest BCUT2D eigenvalue weighted by atomic mass is 16.5. The van der Waals surface area contributed by atoms with Crippen LogP contribution >= 0.6 is 0 Å². The van der Waals surface area contributed by atoms with Crippen LogP contribution in [0.15, 0.2) is 78.4 Å². The van der Waals surface area contributed by atoms with Crippen molar-refractivity contribution in [2.75, 3.05) is 27.2 Å². The Morgan fingerprint density at radius 1 is 0.974 bits per heavy atom. The SMILES string of the molecule is Cc1cc(OCc2ccccc2)ccc1C(O)=C1C(=O)C(=O)N(CCN(C)C)[C@H]1c1ccc(C(C)(C)C)cc1. The van der Waals surface area contributed by atoms with E-state index in [-0.39, 0.29) is 16.7 Å². The number of amides is 1. The van der Waals surface area contributed by atoms with Crippen molar-refractivity contribution in [2.45, 2.75) is 45.8 Å². The topological polar surface area (TPSA) is 70.1 Å². The number of ether oxygens (including phenoxy) is 1. The van der Waals surface area contributed by atoms with Crippen LogP contribution < -0.4 is 4.74 Å². The fraction of sp³-hybridized carbons (Fsp3) is 0.333. The van der Waals surface area contributed by atoms with E-state index in [0.29, 0.717) is 31.0 Å². The van der Waals surface area contributed by atoms with E-state index in [4.69, 9.17) is 4.74 Å². The lowest BCUT2D eigenvalue weighted by atomic mass is 9.85. The Balaban J connectivity index is 1.72. The molecule has 1 atom stereocenters. The zero-order valence-electron chi connectivity index (χ0n) is 23.7. The first-order valence-corrected chi connectivity index (χ1v) is 13.3. The van der Waals surface area contributed by atoms with Crippen LogP contribution in [0, 0.1) is 6.92 Å². The molecule has 3 aromatic rings. The van der Waals surface area contributed by atoms with Gasteiger partial charge in [-0.25, -0.2) is 0 Å². The van der Waals surface area contributed by atoms with Crippen molar-refractivity contribution in [3.63, 3.8) is 0 Å². The van der Waals surface area contributed by atoms with Gasteiger partial charge in [-0.1, -0.05) is 75.4 Å². The molecule has 1 N–H and O–H groups in total. The summed E-state index contributed by atoms with van der Waals surface area (Å²) in [5, 5.41) is 11.5. The Labute approximate surface area is 231 Å². The van der Waals surface area contributed by atoms with Gasteiger partial charge in [-0.2, -0.15) is 0 Å². The molecule has 204 valence electrons. The summed E-state index contributed by atoms with van der Waals surface area (Å²) in [6.45, 7) is 9.66. The van der Waals surface area contributed by atoms with Gasteiger partial charge in [0.15, 0.2) is 0 Å². The van der Waals surface area contributed by atoms with Gasteiger partial charge in [-0.3, -0.25) is 9.59 Å². The number of benzene rings is 3. The van der Waals surface area contributed by atoms with Gasteiger partial charge in [0, 0.05) is 18.7 Å². The lowest BCUT2D eigenvalue weighted by Gasteiger charge is -2.27. The molecule has 0 bridgehead atoms. The normalized spacial score (nSPS) is 17.2. The molecule has 1 saturated heterocycles. The summed E-state index contributed by atoms with van der Waals surface area (Å²) >= 11 is 0. The van der Waals surface area contributed by atoms with Crippen molar-refractivity contribution in [2.24, 2.45) is 0 Å². The molecule has 0 spiro atoms. The number of carbonyl (C=O) groups excluding carboxylic acids is 2. The first-order valence-electron chi connectivity index (χ1n) is 13.3. The number of carbonyl (C=O) groups is 2. The average Bonchev–Trinajstić information content (AvgIpc) is 3.15. The smallest absolute Gasteiger partial charge is 0.295 e. The van der Waals surface area contributed by atoms with Crippen molar-refractivity contribution >= 4 is 17.4 Å². The minimum Gasteiger partial charge on any atom is -0.507 e. The van der Waals surface area contributed by atoms with Gasteiger partial charge in [0.1, 0.15) is 18.1 Å². The van der Waals surface area contributed by atoms with E-state index in [1.165, 1.54) is 0 Å². The van der Waals surface area contributed by atoms with Crippen molar-refractivity contribution in [3.05, 3.63) is 106 Å². The van der Waals surface area contributed by atoms with Crippen LogP contribution in [0.25, 0.3) is 5.76 Å². The molecule has 1 aliphatic heterocycles. The molecule has 0 aromatic heterocycles. The third-order valence-corrected chi connectivity index (χ3v) is 7.12. The van der Waals surface area contributed by atoms with Crippen LogP contribution in [0.3, 0.4) is 0 Å². The van der Waals surface area contributed by atoms with Gasteiger partial charge >= 0.3 is 0 Å². The van der Waals surface area contributed by atoms with E-state index in [1.54, 1.807) is 17.0 Å². The van der Waals surface area contributed by atoms with Gasteiger partial charge in [0.25, 0.3) is 11.7 Å². The number of ketones is 1. The number of hydrogen-bond donors (Lipinski definition) is 1. The summed E-state index contributed by atoms with van der Waals surface area (Å²) in [5.41, 5.74) is 4.33. The molecule has 0 aliphatic carbocycles. The molecule has 0 saturated carbocycles. The average molecular weight is 527 g/mol. The molecular weight excluding hydrogens is 488 g/mol. The molecule has 6 heteroatoms. The molecule has 39 heavy (non-hydrogen) atoms. The molecule has 0 radical (unpaired) electrons. The molecule has 1 amide bonds. The highest BCUT2D eigenvalue weighted by Crippen LogP contribution is 2.40. The van der Waals surface area contributed by atoms with Crippen molar-refractivity contribution in [3.8, 4) is 5.75 Å². The molecule has 3 aromatic carbocycles. The highest BCUT2D eigenvalue weighted by molar-refractivity contribution is 6.46. The maximum atomic E-state index is 13.4. The van der Waals surface area contributed by atoms with Gasteiger partial charge in [0.05, 0.1) is 11.6 Å². The van der Waals surface area contributed by atoms with Crippen LogP contribution in [-0.4, -0.2) is 53.8 Å². The van der Waals surface area contributed by atoms with Crippen LogP contribution in [0.5, 0.6) is 5.75 Å². The number of aliphatic hydroxyl groups is 1. The second-order valence-corrected chi connectivity index (χ2v) is 11.4. The number of hydrogen-bond acceptors (Lipinski definition) is 5. The van der Waals surface area contributed by atoms with E-state index >= 15 is 0 Å². The summed E-state index contributed by atoms with van der Waals surface area (Å²) in [7, 11) is 3.85. The molecular formula is C33H38N2O4. The van der Waals surface area contributed by atoms with Gasteiger partial charge < -0.3 is 19.6 Å². The van der Waals surface area contributed by atoms with Crippen LogP contribution in [0.2, 0.25) is 0 Å². The molecule has 1 heterocycles. The Bertz CT molecular complexity index is 1370. The number of aliphatic hydroxyl groups excluding tert-OH is 1. The number of Topliss-reactive ketones (excluding diaryl/α,β-unsaturated/α-hetero) is 1. The lowest BCUT2D eigenvalue weighted by Crippen LogP contribution is -2.35. The molecule has 6 nitrogen and oxygen atoms in total. The Kier molecular flexibility index (Phi) is 8.26. The van der Waals surface area contributed by atoms with Crippen LogP contribution in [0.1, 0.15) is 54.6 Å². The number of likely N-dealkylation sites (N-methyl/N-ethyl adjacent to an activating group) is 1. The predicted octanol–water partition coefficient (Wildman–Crippen LogP) is 5.85. The number of likely N-dealkylation sites (tertiary alicyclic amines) is 1. The maximum absolute atomic E-state index is 13.4. The summed E-state index contributed by atoms with van der Waals surface area (Å²) in [5.74, 6) is -0.768. The third-order valence-electron chi connectivity index (χ3n) is 7.12. The fourth-order valence-corrected chi connectivity index (χ4v) is 4.81. The molecule has 4 rings (SSSR count). The molecule has 1 aliphatic rings. The Morgan fingerprint density at radius 2 is 1.64 bits per heavy atom. The number of nitrogens with zero attached hydrogens (tertiary/aromatic N) is 2. The molecule has 1 fully saturated rings. The fourth-order valence-electron chi connectivity index (χ4n) is 4.81. The highest BCUT2D eigenvalue weighted by Gasteiger charge is 2.46.